The zero-order chi connectivity index (χ0) is 12.7. The Bertz CT molecular complexity index is 768. The maximum absolute atomic E-state index is 12.2. The van der Waals surface area contributed by atoms with Crippen molar-refractivity contribution in [2.24, 2.45) is 7.05 Å². The van der Waals surface area contributed by atoms with Crippen molar-refractivity contribution in [3.8, 4) is 0 Å². The fraction of sp³-hybridized carbons (Fsp3) is 0.250. The van der Waals surface area contributed by atoms with E-state index < -0.39 is 0 Å². The molecule has 0 saturated heterocycles. The Morgan fingerprint density at radius 3 is 2.94 bits per heavy atom. The Morgan fingerprint density at radius 1 is 1.39 bits per heavy atom. The minimum absolute atomic E-state index is 0.00773. The lowest BCUT2D eigenvalue weighted by Gasteiger charge is -2.01. The highest BCUT2D eigenvalue weighted by atomic mass is 32.1. The van der Waals surface area contributed by atoms with Crippen molar-refractivity contribution >= 4 is 22.4 Å². The summed E-state index contributed by atoms with van der Waals surface area (Å²) in [6.07, 6.45) is 5.25. The van der Waals surface area contributed by atoms with Crippen molar-refractivity contribution in [1.29, 1.82) is 0 Å². The first-order chi connectivity index (χ1) is 8.63. The summed E-state index contributed by atoms with van der Waals surface area (Å²) in [7, 11) is 1.89. The molecule has 3 aromatic rings. The minimum Gasteiger partial charge on any atom is -0.354 e. The van der Waals surface area contributed by atoms with Crippen molar-refractivity contribution in [2.45, 2.75) is 13.5 Å². The van der Waals surface area contributed by atoms with E-state index in [0.29, 0.717) is 11.9 Å². The molecule has 0 unspecified atom stereocenters. The van der Waals surface area contributed by atoms with Gasteiger partial charge in [-0.1, -0.05) is 0 Å². The van der Waals surface area contributed by atoms with Gasteiger partial charge in [0.1, 0.15) is 0 Å². The van der Waals surface area contributed by atoms with Crippen LogP contribution in [0.1, 0.15) is 10.6 Å². The molecule has 0 aliphatic carbocycles. The van der Waals surface area contributed by atoms with Crippen LogP contribution in [0.2, 0.25) is 0 Å². The molecule has 3 rings (SSSR count). The Kier molecular flexibility index (Phi) is 2.52. The van der Waals surface area contributed by atoms with Gasteiger partial charge in [-0.15, -0.1) is 0 Å². The topological polar surface area (TPSA) is 52.7 Å². The molecule has 0 bridgehead atoms. The predicted octanol–water partition coefficient (Wildman–Crippen LogP) is 1.55. The van der Waals surface area contributed by atoms with Crippen LogP contribution >= 0.6 is 11.5 Å². The van der Waals surface area contributed by atoms with Crippen LogP contribution in [0.4, 0.5) is 0 Å². The number of hydrogen-bond donors (Lipinski definition) is 0. The standard InChI is InChI=1S/C12H12N4OS/c1-8-3-9(18-14-8)4-16-7-13-11-6-15(2)5-10(11)12(16)17/h3,5-7H,4H2,1-2H3. The summed E-state index contributed by atoms with van der Waals surface area (Å²) in [4.78, 5) is 17.6. The van der Waals surface area contributed by atoms with E-state index in [-0.39, 0.29) is 5.56 Å². The number of aryl methyl sites for hydroxylation is 2. The summed E-state index contributed by atoms with van der Waals surface area (Å²) < 4.78 is 7.68. The first-order valence-electron chi connectivity index (χ1n) is 5.57. The van der Waals surface area contributed by atoms with Gasteiger partial charge >= 0.3 is 0 Å². The van der Waals surface area contributed by atoms with E-state index in [2.05, 4.69) is 9.36 Å². The van der Waals surface area contributed by atoms with Gasteiger partial charge in [-0.2, -0.15) is 4.37 Å². The third kappa shape index (κ3) is 1.84. The Balaban J connectivity index is 2.07. The zero-order valence-corrected chi connectivity index (χ0v) is 10.9. The summed E-state index contributed by atoms with van der Waals surface area (Å²) in [5, 5.41) is 0.654. The largest absolute Gasteiger partial charge is 0.354 e. The first-order valence-corrected chi connectivity index (χ1v) is 6.34. The average Bonchev–Trinajstić information content (AvgIpc) is 2.89. The Hall–Kier alpha value is -1.95. The molecule has 0 N–H and O–H groups in total. The summed E-state index contributed by atoms with van der Waals surface area (Å²) in [5.41, 5.74) is 1.71. The summed E-state index contributed by atoms with van der Waals surface area (Å²) >= 11 is 1.42. The van der Waals surface area contributed by atoms with Crippen molar-refractivity contribution < 1.29 is 0 Å². The molecule has 0 fully saturated rings. The van der Waals surface area contributed by atoms with Crippen LogP contribution in [0.25, 0.3) is 10.9 Å². The third-order valence-corrected chi connectivity index (χ3v) is 3.63. The Morgan fingerprint density at radius 2 is 2.22 bits per heavy atom. The quantitative estimate of drug-likeness (QED) is 0.702. The molecule has 0 saturated carbocycles. The van der Waals surface area contributed by atoms with Gasteiger partial charge in [0.25, 0.3) is 5.56 Å². The molecule has 0 aromatic carbocycles. The minimum atomic E-state index is -0.00773. The van der Waals surface area contributed by atoms with Crippen molar-refractivity contribution in [2.75, 3.05) is 0 Å². The number of aromatic nitrogens is 4. The van der Waals surface area contributed by atoms with E-state index in [1.807, 2.05) is 30.8 Å². The van der Waals surface area contributed by atoms with E-state index in [1.165, 1.54) is 11.5 Å². The van der Waals surface area contributed by atoms with Crippen LogP contribution in [0.15, 0.2) is 29.6 Å². The molecule has 0 aliphatic rings. The van der Waals surface area contributed by atoms with Gasteiger partial charge in [0.15, 0.2) is 0 Å². The second-order valence-electron chi connectivity index (χ2n) is 4.33. The molecule has 0 aliphatic heterocycles. The van der Waals surface area contributed by atoms with Gasteiger partial charge < -0.3 is 4.57 Å². The highest BCUT2D eigenvalue weighted by molar-refractivity contribution is 7.05. The van der Waals surface area contributed by atoms with Crippen LogP contribution in [-0.2, 0) is 13.6 Å². The monoisotopic (exact) mass is 260 g/mol. The fourth-order valence-corrected chi connectivity index (χ4v) is 2.68. The number of fused-ring (bicyclic) bond motifs is 1. The second-order valence-corrected chi connectivity index (χ2v) is 5.22. The molecule has 0 atom stereocenters. The summed E-state index contributed by atoms with van der Waals surface area (Å²) in [6.45, 7) is 2.48. The molecule has 92 valence electrons. The summed E-state index contributed by atoms with van der Waals surface area (Å²) in [5.74, 6) is 0. The third-order valence-electron chi connectivity index (χ3n) is 2.77. The van der Waals surface area contributed by atoms with Gasteiger partial charge in [0.2, 0.25) is 0 Å². The lowest BCUT2D eigenvalue weighted by molar-refractivity contribution is 0.758. The van der Waals surface area contributed by atoms with Crippen LogP contribution in [0.3, 0.4) is 0 Å². The second kappa shape index (κ2) is 4.06. The number of nitrogens with zero attached hydrogens (tertiary/aromatic N) is 4. The number of rotatable bonds is 2. The van der Waals surface area contributed by atoms with E-state index in [0.717, 1.165) is 16.1 Å². The van der Waals surface area contributed by atoms with Crippen molar-refractivity contribution in [1.82, 2.24) is 18.5 Å². The van der Waals surface area contributed by atoms with Crippen LogP contribution in [-0.4, -0.2) is 18.5 Å². The smallest absolute Gasteiger partial charge is 0.263 e. The average molecular weight is 260 g/mol. The molecule has 5 nitrogen and oxygen atoms in total. The van der Waals surface area contributed by atoms with Gasteiger partial charge in [-0.3, -0.25) is 9.36 Å². The van der Waals surface area contributed by atoms with Crippen LogP contribution in [0, 0.1) is 6.92 Å². The van der Waals surface area contributed by atoms with Gasteiger partial charge in [-0.25, -0.2) is 4.98 Å². The molecular formula is C12H12N4OS. The maximum atomic E-state index is 12.2. The van der Waals surface area contributed by atoms with E-state index in [4.69, 9.17) is 0 Å². The van der Waals surface area contributed by atoms with Gasteiger partial charge in [0, 0.05) is 24.3 Å². The molecule has 6 heteroatoms. The molecule has 0 radical (unpaired) electrons. The number of hydrogen-bond acceptors (Lipinski definition) is 4. The highest BCUT2D eigenvalue weighted by Gasteiger charge is 2.07. The maximum Gasteiger partial charge on any atom is 0.263 e. The van der Waals surface area contributed by atoms with Gasteiger partial charge in [0.05, 0.1) is 29.5 Å². The summed E-state index contributed by atoms with van der Waals surface area (Å²) in [6, 6.07) is 1.99. The fourth-order valence-electron chi connectivity index (χ4n) is 1.95. The molecule has 3 aromatic heterocycles. The molecule has 0 spiro atoms. The predicted molar refractivity (Wildman–Crippen MR) is 70.9 cm³/mol. The molecule has 0 amide bonds. The van der Waals surface area contributed by atoms with Crippen LogP contribution in [0.5, 0.6) is 0 Å². The molecule has 3 heterocycles. The van der Waals surface area contributed by atoms with Crippen LogP contribution < -0.4 is 5.56 Å². The first kappa shape index (κ1) is 11.2. The molecule has 18 heavy (non-hydrogen) atoms. The SMILES string of the molecule is Cc1cc(Cn2cnc3cn(C)cc3c2=O)sn1. The normalized spacial score (nSPS) is 11.2. The lowest BCUT2D eigenvalue weighted by Crippen LogP contribution is -2.20. The van der Waals surface area contributed by atoms with Gasteiger partial charge in [-0.05, 0) is 24.5 Å². The lowest BCUT2D eigenvalue weighted by atomic mass is 10.3. The van der Waals surface area contributed by atoms with E-state index >= 15 is 0 Å². The van der Waals surface area contributed by atoms with E-state index in [9.17, 15) is 4.79 Å². The van der Waals surface area contributed by atoms with E-state index in [1.54, 1.807) is 17.1 Å². The highest BCUT2D eigenvalue weighted by Crippen LogP contribution is 2.11. The molecular weight excluding hydrogens is 248 g/mol. The zero-order valence-electron chi connectivity index (χ0n) is 10.1. The van der Waals surface area contributed by atoms with Crippen molar-refractivity contribution in [3.63, 3.8) is 0 Å². The Labute approximate surface area is 107 Å². The van der Waals surface area contributed by atoms with Crippen molar-refractivity contribution in [3.05, 3.63) is 45.7 Å².